The van der Waals surface area contributed by atoms with Crippen LogP contribution in [0.1, 0.15) is 27.2 Å². The molecule has 0 aliphatic rings. The minimum Gasteiger partial charge on any atom is -0.480 e. The molecular formula is C11H22N2O3S. The average molecular weight is 262 g/mol. The highest BCUT2D eigenvalue weighted by Gasteiger charge is 2.33. The monoisotopic (exact) mass is 262 g/mol. The van der Waals surface area contributed by atoms with E-state index in [4.69, 9.17) is 10.8 Å². The van der Waals surface area contributed by atoms with Crippen molar-refractivity contribution in [2.75, 3.05) is 12.0 Å². The molecule has 0 spiro atoms. The van der Waals surface area contributed by atoms with Gasteiger partial charge in [0, 0.05) is 0 Å². The van der Waals surface area contributed by atoms with Gasteiger partial charge in [0.15, 0.2) is 0 Å². The van der Waals surface area contributed by atoms with E-state index >= 15 is 0 Å². The number of carbonyl (C=O) groups excluding carboxylic acids is 1. The molecule has 0 rings (SSSR count). The van der Waals surface area contributed by atoms with Gasteiger partial charge < -0.3 is 16.2 Å². The summed E-state index contributed by atoms with van der Waals surface area (Å²) >= 11 is 1.60. The van der Waals surface area contributed by atoms with Gasteiger partial charge in [0.1, 0.15) is 6.04 Å². The van der Waals surface area contributed by atoms with Crippen LogP contribution >= 0.6 is 11.8 Å². The topological polar surface area (TPSA) is 92.4 Å². The molecule has 100 valence electrons. The number of carbonyl (C=O) groups is 2. The van der Waals surface area contributed by atoms with Crippen LogP contribution in [0.5, 0.6) is 0 Å². The third-order valence-electron chi connectivity index (χ3n) is 2.37. The van der Waals surface area contributed by atoms with Crippen molar-refractivity contribution in [2.24, 2.45) is 11.1 Å². The van der Waals surface area contributed by atoms with E-state index in [0.717, 1.165) is 5.75 Å². The fraction of sp³-hybridized carbons (Fsp3) is 0.818. The maximum atomic E-state index is 11.7. The highest BCUT2D eigenvalue weighted by Crippen LogP contribution is 2.19. The van der Waals surface area contributed by atoms with Crippen molar-refractivity contribution in [1.82, 2.24) is 5.32 Å². The van der Waals surface area contributed by atoms with Crippen LogP contribution in [0.3, 0.4) is 0 Å². The Morgan fingerprint density at radius 1 is 1.41 bits per heavy atom. The van der Waals surface area contributed by atoms with Gasteiger partial charge in [-0.15, -0.1) is 0 Å². The van der Waals surface area contributed by atoms with Crippen molar-refractivity contribution < 1.29 is 14.7 Å². The molecule has 0 unspecified atom stereocenters. The Balaban J connectivity index is 4.47. The number of thioether (sulfide) groups is 1. The Morgan fingerprint density at radius 2 is 1.94 bits per heavy atom. The first kappa shape index (κ1) is 16.2. The molecule has 6 heteroatoms. The zero-order valence-electron chi connectivity index (χ0n) is 10.8. The van der Waals surface area contributed by atoms with Gasteiger partial charge >= 0.3 is 5.97 Å². The highest BCUT2D eigenvalue weighted by molar-refractivity contribution is 7.98. The van der Waals surface area contributed by atoms with Crippen LogP contribution in [0.15, 0.2) is 0 Å². The van der Waals surface area contributed by atoms with E-state index in [9.17, 15) is 9.59 Å². The predicted octanol–water partition coefficient (Wildman–Crippen LogP) is 0.682. The number of rotatable bonds is 6. The number of aliphatic carboxylic acids is 1. The summed E-state index contributed by atoms with van der Waals surface area (Å²) in [6, 6.07) is -1.57. The molecule has 0 fully saturated rings. The normalized spacial score (nSPS) is 15.1. The van der Waals surface area contributed by atoms with Crippen LogP contribution in [-0.4, -0.2) is 41.1 Å². The zero-order chi connectivity index (χ0) is 13.6. The van der Waals surface area contributed by atoms with E-state index in [1.165, 1.54) is 0 Å². The molecule has 0 radical (unpaired) electrons. The molecule has 0 aromatic heterocycles. The van der Waals surface area contributed by atoms with Crippen molar-refractivity contribution in [3.8, 4) is 0 Å². The van der Waals surface area contributed by atoms with E-state index in [2.05, 4.69) is 5.32 Å². The van der Waals surface area contributed by atoms with E-state index in [0.29, 0.717) is 6.42 Å². The lowest BCUT2D eigenvalue weighted by molar-refractivity contribution is -0.145. The smallest absolute Gasteiger partial charge is 0.326 e. The predicted molar refractivity (Wildman–Crippen MR) is 70.0 cm³/mol. The summed E-state index contributed by atoms with van der Waals surface area (Å²) in [7, 11) is 0. The lowest BCUT2D eigenvalue weighted by Crippen LogP contribution is -2.53. The van der Waals surface area contributed by atoms with Crippen LogP contribution in [-0.2, 0) is 9.59 Å². The molecule has 0 aromatic carbocycles. The summed E-state index contributed by atoms with van der Waals surface area (Å²) in [6.45, 7) is 5.29. The van der Waals surface area contributed by atoms with Gasteiger partial charge in [0.2, 0.25) is 5.91 Å². The van der Waals surface area contributed by atoms with Gasteiger partial charge in [-0.05, 0) is 23.8 Å². The second kappa shape index (κ2) is 6.86. The van der Waals surface area contributed by atoms with Crippen molar-refractivity contribution in [3.05, 3.63) is 0 Å². The van der Waals surface area contributed by atoms with E-state index in [1.54, 1.807) is 32.5 Å². The molecule has 0 saturated carbocycles. The lowest BCUT2D eigenvalue weighted by Gasteiger charge is -2.28. The zero-order valence-corrected chi connectivity index (χ0v) is 11.6. The van der Waals surface area contributed by atoms with Gasteiger partial charge in [-0.1, -0.05) is 20.8 Å². The second-order valence-electron chi connectivity index (χ2n) is 5.03. The lowest BCUT2D eigenvalue weighted by atomic mass is 9.86. The highest BCUT2D eigenvalue weighted by atomic mass is 32.2. The van der Waals surface area contributed by atoms with Crippen LogP contribution in [0, 0.1) is 5.41 Å². The molecule has 0 aliphatic carbocycles. The Bertz CT molecular complexity index is 276. The van der Waals surface area contributed by atoms with E-state index < -0.39 is 29.4 Å². The van der Waals surface area contributed by atoms with Crippen LogP contribution in [0.2, 0.25) is 0 Å². The largest absolute Gasteiger partial charge is 0.480 e. The first-order valence-corrected chi connectivity index (χ1v) is 6.87. The van der Waals surface area contributed by atoms with Gasteiger partial charge in [-0.25, -0.2) is 4.79 Å². The molecule has 4 N–H and O–H groups in total. The average Bonchev–Trinajstić information content (AvgIpc) is 2.19. The number of amides is 1. The molecule has 0 bridgehead atoms. The van der Waals surface area contributed by atoms with Crippen LogP contribution in [0.25, 0.3) is 0 Å². The molecule has 0 heterocycles. The van der Waals surface area contributed by atoms with Gasteiger partial charge in [-0.3, -0.25) is 4.79 Å². The number of hydrogen-bond donors (Lipinski definition) is 3. The molecule has 2 atom stereocenters. The Labute approximate surface area is 107 Å². The SMILES string of the molecule is CSCC[C@@H](N)C(=O)N[C@@H](C(=O)O)C(C)(C)C. The maximum Gasteiger partial charge on any atom is 0.326 e. The Morgan fingerprint density at radius 3 is 2.29 bits per heavy atom. The van der Waals surface area contributed by atoms with E-state index in [-0.39, 0.29) is 0 Å². The Hall–Kier alpha value is -0.750. The summed E-state index contributed by atoms with van der Waals surface area (Å²) in [4.78, 5) is 22.8. The van der Waals surface area contributed by atoms with Gasteiger partial charge in [0.25, 0.3) is 0 Å². The minimum atomic E-state index is -1.04. The molecular weight excluding hydrogens is 240 g/mol. The van der Waals surface area contributed by atoms with Gasteiger partial charge in [-0.2, -0.15) is 11.8 Å². The minimum absolute atomic E-state index is 0.402. The fourth-order valence-corrected chi connectivity index (χ4v) is 1.76. The van der Waals surface area contributed by atoms with Crippen LogP contribution < -0.4 is 11.1 Å². The molecule has 1 amide bonds. The van der Waals surface area contributed by atoms with Crippen molar-refractivity contribution >= 4 is 23.6 Å². The third kappa shape index (κ3) is 5.93. The molecule has 17 heavy (non-hydrogen) atoms. The molecule has 0 aliphatic heterocycles. The number of hydrogen-bond acceptors (Lipinski definition) is 4. The molecule has 0 aromatic rings. The summed E-state index contributed by atoms with van der Waals surface area (Å²) in [5.41, 5.74) is 5.14. The molecule has 5 nitrogen and oxygen atoms in total. The first-order valence-electron chi connectivity index (χ1n) is 5.48. The number of nitrogens with two attached hydrogens (primary N) is 1. The van der Waals surface area contributed by atoms with Crippen molar-refractivity contribution in [2.45, 2.75) is 39.3 Å². The summed E-state index contributed by atoms with van der Waals surface area (Å²) < 4.78 is 0. The third-order valence-corrected chi connectivity index (χ3v) is 3.01. The summed E-state index contributed by atoms with van der Waals surface area (Å²) in [6.07, 6.45) is 2.48. The number of carboxylic acid groups (broad SMARTS) is 1. The first-order chi connectivity index (χ1) is 7.70. The van der Waals surface area contributed by atoms with Crippen molar-refractivity contribution in [1.29, 1.82) is 0 Å². The quantitative estimate of drug-likeness (QED) is 0.654. The number of carboxylic acids is 1. The maximum absolute atomic E-state index is 11.7. The fourth-order valence-electron chi connectivity index (χ4n) is 1.27. The summed E-state index contributed by atoms with van der Waals surface area (Å²) in [5.74, 6) is -0.661. The van der Waals surface area contributed by atoms with E-state index in [1.807, 2.05) is 6.26 Å². The van der Waals surface area contributed by atoms with Crippen LogP contribution in [0.4, 0.5) is 0 Å². The summed E-state index contributed by atoms with van der Waals surface area (Å²) in [5, 5.41) is 11.5. The standard InChI is InChI=1S/C11H22N2O3S/c1-11(2,3)8(10(15)16)13-9(14)7(12)5-6-17-4/h7-8H,5-6,12H2,1-4H3,(H,13,14)(H,15,16)/t7-,8+/m1/s1. The molecule has 0 saturated heterocycles. The Kier molecular flexibility index (Phi) is 6.56. The van der Waals surface area contributed by atoms with Gasteiger partial charge in [0.05, 0.1) is 6.04 Å². The second-order valence-corrected chi connectivity index (χ2v) is 6.02. The number of nitrogens with one attached hydrogen (secondary N) is 1. The van der Waals surface area contributed by atoms with Crippen molar-refractivity contribution in [3.63, 3.8) is 0 Å².